The zero-order valence-electron chi connectivity index (χ0n) is 14.0. The molecule has 0 amide bonds. The number of ether oxygens (including phenoxy) is 5. The molecule has 0 bridgehead atoms. The van der Waals surface area contributed by atoms with Gasteiger partial charge in [-0.25, -0.2) is 4.79 Å². The summed E-state index contributed by atoms with van der Waals surface area (Å²) in [6, 6.07) is 0. The minimum atomic E-state index is -0.532. The molecule has 6 nitrogen and oxygen atoms in total. The van der Waals surface area contributed by atoms with E-state index in [1.54, 1.807) is 0 Å². The van der Waals surface area contributed by atoms with Gasteiger partial charge in [0.1, 0.15) is 12.2 Å². The van der Waals surface area contributed by atoms with Crippen LogP contribution in [0.4, 0.5) is 0 Å². The van der Waals surface area contributed by atoms with Crippen molar-refractivity contribution in [2.24, 2.45) is 0 Å². The van der Waals surface area contributed by atoms with Gasteiger partial charge in [0.2, 0.25) is 0 Å². The third-order valence-electron chi connectivity index (χ3n) is 5.64. The van der Waals surface area contributed by atoms with Crippen LogP contribution < -0.4 is 0 Å². The largest absolute Gasteiger partial charge is 0.453 e. The Hall–Kier alpha value is -0.950. The van der Waals surface area contributed by atoms with E-state index in [-0.39, 0.29) is 12.2 Å². The molecule has 4 aliphatic rings. The van der Waals surface area contributed by atoms with Crippen molar-refractivity contribution in [2.75, 3.05) is 13.2 Å². The van der Waals surface area contributed by atoms with Crippen molar-refractivity contribution in [2.45, 2.75) is 81.3 Å². The molecule has 2 aliphatic heterocycles. The number of hydrogen-bond donors (Lipinski definition) is 0. The molecule has 0 aromatic carbocycles. The molecule has 2 heterocycles. The highest BCUT2D eigenvalue weighted by Gasteiger charge is 2.53. The van der Waals surface area contributed by atoms with Crippen LogP contribution in [0.3, 0.4) is 0 Å². The zero-order valence-corrected chi connectivity index (χ0v) is 14.0. The zero-order chi connectivity index (χ0) is 16.6. The molecule has 2 saturated carbocycles. The molecule has 0 radical (unpaired) electrons. The van der Waals surface area contributed by atoms with Crippen molar-refractivity contribution in [1.82, 2.24) is 0 Å². The summed E-state index contributed by atoms with van der Waals surface area (Å²) in [6.07, 6.45) is 8.03. The third kappa shape index (κ3) is 3.01. The summed E-state index contributed by atoms with van der Waals surface area (Å²) in [5.74, 6) is -1.45. The summed E-state index contributed by atoms with van der Waals surface area (Å²) >= 11 is 0. The van der Waals surface area contributed by atoms with Crippen molar-refractivity contribution in [3.05, 3.63) is 12.7 Å². The number of esters is 1. The maximum atomic E-state index is 11.8. The van der Waals surface area contributed by atoms with E-state index in [4.69, 9.17) is 23.7 Å². The van der Waals surface area contributed by atoms with E-state index in [1.807, 2.05) is 0 Å². The summed E-state index contributed by atoms with van der Waals surface area (Å²) in [5, 5.41) is 0. The minimum absolute atomic E-state index is 0.322. The SMILES string of the molecule is C=CC(=O)OC(C1COC2(CCCC2)O1)C1COC2(CCCC2)O1. The van der Waals surface area contributed by atoms with Gasteiger partial charge in [0.15, 0.2) is 17.7 Å². The first kappa shape index (κ1) is 16.5. The van der Waals surface area contributed by atoms with Gasteiger partial charge in [-0.1, -0.05) is 6.58 Å². The second-order valence-electron chi connectivity index (χ2n) is 7.28. The van der Waals surface area contributed by atoms with Gasteiger partial charge in [0.25, 0.3) is 0 Å². The van der Waals surface area contributed by atoms with Crippen LogP contribution in [0.25, 0.3) is 0 Å². The Bertz CT molecular complexity index is 458. The molecule has 2 unspecified atom stereocenters. The summed E-state index contributed by atoms with van der Waals surface area (Å²) in [5.41, 5.74) is 0. The molecule has 2 saturated heterocycles. The highest BCUT2D eigenvalue weighted by atomic mass is 16.8. The molecule has 24 heavy (non-hydrogen) atoms. The van der Waals surface area contributed by atoms with Crippen LogP contribution in [0.15, 0.2) is 12.7 Å². The average Bonchev–Trinajstić information content (AvgIpc) is 3.38. The maximum Gasteiger partial charge on any atom is 0.330 e. The lowest BCUT2D eigenvalue weighted by Crippen LogP contribution is -2.45. The lowest BCUT2D eigenvalue weighted by atomic mass is 10.1. The molecule has 4 rings (SSSR count). The number of carbonyl (C=O) groups excluding carboxylic acids is 1. The molecular weight excluding hydrogens is 312 g/mol. The number of hydrogen-bond acceptors (Lipinski definition) is 6. The predicted molar refractivity (Wildman–Crippen MR) is 84.1 cm³/mol. The second-order valence-corrected chi connectivity index (χ2v) is 7.28. The molecule has 2 atom stereocenters. The Morgan fingerprint density at radius 2 is 1.42 bits per heavy atom. The second kappa shape index (κ2) is 6.41. The number of rotatable bonds is 4. The summed E-state index contributed by atoms with van der Waals surface area (Å²) in [7, 11) is 0. The van der Waals surface area contributed by atoms with Crippen LogP contribution in [0.2, 0.25) is 0 Å². The summed E-state index contributed by atoms with van der Waals surface area (Å²) in [6.45, 7) is 4.33. The van der Waals surface area contributed by atoms with E-state index in [2.05, 4.69) is 6.58 Å². The fraction of sp³-hybridized carbons (Fsp3) is 0.833. The lowest BCUT2D eigenvalue weighted by Gasteiger charge is -2.29. The summed E-state index contributed by atoms with van der Waals surface area (Å²) in [4.78, 5) is 11.8. The Morgan fingerprint density at radius 1 is 0.958 bits per heavy atom. The van der Waals surface area contributed by atoms with Gasteiger partial charge in [-0.3, -0.25) is 0 Å². The quantitative estimate of drug-likeness (QED) is 0.580. The molecule has 2 spiro atoms. The molecular formula is C18H26O6. The molecule has 0 N–H and O–H groups in total. The highest BCUT2D eigenvalue weighted by Crippen LogP contribution is 2.44. The van der Waals surface area contributed by atoms with Gasteiger partial charge in [-0.2, -0.15) is 0 Å². The average molecular weight is 338 g/mol. The standard InChI is InChI=1S/C18H26O6/c1-2-15(19)22-16(13-11-20-17(23-13)7-3-4-8-17)14-12-21-18(24-14)9-5-6-10-18/h2,13-14,16H,1,3-12H2. The Balaban J connectivity index is 1.47. The van der Waals surface area contributed by atoms with Crippen LogP contribution in [0.1, 0.15) is 51.4 Å². The van der Waals surface area contributed by atoms with Crippen LogP contribution in [0, 0.1) is 0 Å². The first-order valence-electron chi connectivity index (χ1n) is 9.10. The maximum absolute atomic E-state index is 11.8. The molecule has 0 aromatic heterocycles. The van der Waals surface area contributed by atoms with Crippen LogP contribution >= 0.6 is 0 Å². The van der Waals surface area contributed by atoms with Crippen LogP contribution in [-0.4, -0.2) is 49.1 Å². The first-order valence-corrected chi connectivity index (χ1v) is 9.10. The fourth-order valence-corrected chi connectivity index (χ4v) is 4.40. The minimum Gasteiger partial charge on any atom is -0.453 e. The lowest BCUT2D eigenvalue weighted by molar-refractivity contribution is -0.205. The van der Waals surface area contributed by atoms with Gasteiger partial charge in [-0.15, -0.1) is 0 Å². The van der Waals surface area contributed by atoms with Gasteiger partial charge < -0.3 is 23.7 Å². The summed E-state index contributed by atoms with van der Waals surface area (Å²) < 4.78 is 29.9. The third-order valence-corrected chi connectivity index (χ3v) is 5.64. The van der Waals surface area contributed by atoms with Crippen molar-refractivity contribution in [3.8, 4) is 0 Å². The van der Waals surface area contributed by atoms with E-state index in [9.17, 15) is 4.79 Å². The number of carbonyl (C=O) groups is 1. The molecule has 134 valence electrons. The fourth-order valence-electron chi connectivity index (χ4n) is 4.40. The Morgan fingerprint density at radius 3 is 1.83 bits per heavy atom. The molecule has 6 heteroatoms. The Labute approximate surface area is 142 Å². The Kier molecular flexibility index (Phi) is 4.41. The monoisotopic (exact) mass is 338 g/mol. The smallest absolute Gasteiger partial charge is 0.330 e. The van der Waals surface area contributed by atoms with Gasteiger partial charge in [-0.05, 0) is 25.7 Å². The van der Waals surface area contributed by atoms with E-state index in [0.29, 0.717) is 13.2 Å². The van der Waals surface area contributed by atoms with Crippen molar-refractivity contribution < 1.29 is 28.5 Å². The van der Waals surface area contributed by atoms with E-state index >= 15 is 0 Å². The normalized spacial score (nSPS) is 34.8. The molecule has 2 aliphatic carbocycles. The topological polar surface area (TPSA) is 63.2 Å². The van der Waals surface area contributed by atoms with Crippen LogP contribution in [-0.2, 0) is 28.5 Å². The highest BCUT2D eigenvalue weighted by molar-refractivity contribution is 5.81. The van der Waals surface area contributed by atoms with Gasteiger partial charge in [0, 0.05) is 31.8 Å². The van der Waals surface area contributed by atoms with E-state index < -0.39 is 23.6 Å². The van der Waals surface area contributed by atoms with Crippen molar-refractivity contribution in [1.29, 1.82) is 0 Å². The van der Waals surface area contributed by atoms with Crippen LogP contribution in [0.5, 0.6) is 0 Å². The van der Waals surface area contributed by atoms with Crippen molar-refractivity contribution in [3.63, 3.8) is 0 Å². The van der Waals surface area contributed by atoms with E-state index in [1.165, 1.54) is 6.08 Å². The molecule has 0 aromatic rings. The predicted octanol–water partition coefficient (Wildman–Crippen LogP) is 2.46. The van der Waals surface area contributed by atoms with E-state index in [0.717, 1.165) is 51.4 Å². The molecule has 4 fully saturated rings. The van der Waals surface area contributed by atoms with Gasteiger partial charge >= 0.3 is 5.97 Å². The first-order chi connectivity index (χ1) is 11.6. The van der Waals surface area contributed by atoms with Gasteiger partial charge in [0.05, 0.1) is 13.2 Å². The van der Waals surface area contributed by atoms with Crippen molar-refractivity contribution >= 4 is 5.97 Å².